The minimum Gasteiger partial charge on any atom is -0.447 e. The van der Waals surface area contributed by atoms with Gasteiger partial charge in [0.15, 0.2) is 0 Å². The largest absolute Gasteiger partial charge is 0.447 e. The van der Waals surface area contributed by atoms with Gasteiger partial charge in [-0.05, 0) is 25.0 Å². The van der Waals surface area contributed by atoms with Gasteiger partial charge >= 0.3 is 0 Å². The van der Waals surface area contributed by atoms with E-state index in [4.69, 9.17) is 9.56 Å². The monoisotopic (exact) mass is 272 g/mol. The molecule has 1 aromatic heterocycles. The summed E-state index contributed by atoms with van der Waals surface area (Å²) in [6.45, 7) is 0.556. The molecule has 1 saturated carbocycles. The van der Waals surface area contributed by atoms with Crippen LogP contribution in [0, 0.1) is 0 Å². The van der Waals surface area contributed by atoms with Gasteiger partial charge in [0, 0.05) is 6.04 Å². The maximum absolute atomic E-state index is 11.1. The minimum atomic E-state index is -3.73. The second-order valence-corrected chi connectivity index (χ2v) is 6.33. The average Bonchev–Trinajstić information content (AvgIpc) is 2.64. The minimum absolute atomic E-state index is 0.167. The van der Waals surface area contributed by atoms with E-state index in [1.165, 1.54) is 44.6 Å². The molecule has 5 nitrogen and oxygen atoms in total. The van der Waals surface area contributed by atoms with Gasteiger partial charge in [-0.1, -0.05) is 25.7 Å². The third-order valence-electron chi connectivity index (χ3n) is 3.34. The second-order valence-electron chi connectivity index (χ2n) is 4.84. The molecule has 0 spiro atoms. The fraction of sp³-hybridized carbons (Fsp3) is 0.667. The number of hydrogen-bond donors (Lipinski definition) is 2. The second kappa shape index (κ2) is 5.86. The van der Waals surface area contributed by atoms with Crippen LogP contribution in [0.2, 0.25) is 0 Å². The smallest absolute Gasteiger partial charge is 0.271 e. The molecule has 1 aliphatic carbocycles. The first-order valence-corrected chi connectivity index (χ1v) is 7.95. The van der Waals surface area contributed by atoms with Gasteiger partial charge in [-0.25, -0.2) is 13.6 Å². The van der Waals surface area contributed by atoms with Gasteiger partial charge in [0.2, 0.25) is 5.09 Å². The highest BCUT2D eigenvalue weighted by molar-refractivity contribution is 7.89. The molecule has 2 rings (SSSR count). The van der Waals surface area contributed by atoms with Crippen LogP contribution in [0.3, 0.4) is 0 Å². The Hall–Kier alpha value is -0.850. The Morgan fingerprint density at radius 3 is 2.44 bits per heavy atom. The van der Waals surface area contributed by atoms with Gasteiger partial charge < -0.3 is 9.73 Å². The molecule has 6 heteroatoms. The third-order valence-corrected chi connectivity index (χ3v) is 4.12. The van der Waals surface area contributed by atoms with Crippen LogP contribution in [0.1, 0.15) is 44.3 Å². The van der Waals surface area contributed by atoms with Gasteiger partial charge in [-0.15, -0.1) is 0 Å². The zero-order valence-electron chi connectivity index (χ0n) is 10.4. The summed E-state index contributed by atoms with van der Waals surface area (Å²) >= 11 is 0. The molecular formula is C12H20N2O3S. The van der Waals surface area contributed by atoms with Gasteiger partial charge in [0.25, 0.3) is 10.0 Å². The van der Waals surface area contributed by atoms with Crippen molar-refractivity contribution in [3.05, 3.63) is 17.9 Å². The van der Waals surface area contributed by atoms with Crippen molar-refractivity contribution < 1.29 is 12.8 Å². The lowest BCUT2D eigenvalue weighted by atomic mass is 10.1. The van der Waals surface area contributed by atoms with Crippen molar-refractivity contribution >= 4 is 10.0 Å². The van der Waals surface area contributed by atoms with E-state index in [9.17, 15) is 8.42 Å². The molecule has 1 aliphatic rings. The van der Waals surface area contributed by atoms with Crippen LogP contribution >= 0.6 is 0 Å². The van der Waals surface area contributed by atoms with E-state index in [-0.39, 0.29) is 5.09 Å². The fourth-order valence-electron chi connectivity index (χ4n) is 2.33. The van der Waals surface area contributed by atoms with Crippen LogP contribution < -0.4 is 10.5 Å². The van der Waals surface area contributed by atoms with E-state index in [1.54, 1.807) is 6.07 Å². The van der Waals surface area contributed by atoms with E-state index in [0.717, 1.165) is 0 Å². The van der Waals surface area contributed by atoms with E-state index in [0.29, 0.717) is 18.3 Å². The van der Waals surface area contributed by atoms with Crippen molar-refractivity contribution in [2.75, 3.05) is 0 Å². The highest BCUT2D eigenvalue weighted by Gasteiger charge is 2.15. The summed E-state index contributed by atoms with van der Waals surface area (Å²) in [4.78, 5) is 0. The van der Waals surface area contributed by atoms with Crippen LogP contribution in [0.15, 0.2) is 21.6 Å². The Bertz CT molecular complexity index is 473. The number of sulfonamides is 1. The lowest BCUT2D eigenvalue weighted by molar-refractivity contribution is 0.377. The molecule has 18 heavy (non-hydrogen) atoms. The van der Waals surface area contributed by atoms with Crippen molar-refractivity contribution in [2.45, 2.75) is 56.2 Å². The number of furan rings is 1. The first-order chi connectivity index (χ1) is 8.55. The maximum atomic E-state index is 11.1. The summed E-state index contributed by atoms with van der Waals surface area (Å²) in [5, 5.41) is 8.23. The molecule has 0 bridgehead atoms. The Labute approximate surface area is 108 Å². The summed E-state index contributed by atoms with van der Waals surface area (Å²) in [5.74, 6) is 0.614. The van der Waals surface area contributed by atoms with Crippen LogP contribution in [0.25, 0.3) is 0 Å². The molecule has 0 radical (unpaired) electrons. The molecule has 1 heterocycles. The molecule has 0 aromatic carbocycles. The predicted molar refractivity (Wildman–Crippen MR) is 68.4 cm³/mol. The Morgan fingerprint density at radius 2 is 1.89 bits per heavy atom. The topological polar surface area (TPSA) is 85.3 Å². The molecule has 1 fully saturated rings. The molecule has 102 valence electrons. The molecule has 0 aliphatic heterocycles. The normalized spacial score (nSPS) is 18.7. The van der Waals surface area contributed by atoms with Crippen LogP contribution in [0.5, 0.6) is 0 Å². The molecule has 0 unspecified atom stereocenters. The van der Waals surface area contributed by atoms with E-state index in [2.05, 4.69) is 5.32 Å². The zero-order valence-corrected chi connectivity index (χ0v) is 11.2. The first-order valence-electron chi connectivity index (χ1n) is 6.40. The first kappa shape index (κ1) is 13.6. The average molecular weight is 272 g/mol. The van der Waals surface area contributed by atoms with E-state index < -0.39 is 10.0 Å². The van der Waals surface area contributed by atoms with Crippen molar-refractivity contribution in [3.8, 4) is 0 Å². The fourth-order valence-corrected chi connectivity index (χ4v) is 2.82. The van der Waals surface area contributed by atoms with Crippen LogP contribution in [-0.2, 0) is 16.6 Å². The Balaban J connectivity index is 1.88. The molecule has 3 N–H and O–H groups in total. The third kappa shape index (κ3) is 3.83. The molecule has 0 saturated heterocycles. The molecular weight excluding hydrogens is 252 g/mol. The SMILES string of the molecule is NS(=O)(=O)c1ccc(CNC2CCCCCC2)o1. The lowest BCUT2D eigenvalue weighted by Crippen LogP contribution is -2.27. The van der Waals surface area contributed by atoms with Crippen molar-refractivity contribution in [1.82, 2.24) is 5.32 Å². The van der Waals surface area contributed by atoms with Crippen LogP contribution in [-0.4, -0.2) is 14.5 Å². The molecule has 0 amide bonds. The van der Waals surface area contributed by atoms with Crippen molar-refractivity contribution in [1.29, 1.82) is 0 Å². The number of hydrogen-bond acceptors (Lipinski definition) is 4. The van der Waals surface area contributed by atoms with Gasteiger partial charge in [0.1, 0.15) is 5.76 Å². The summed E-state index contributed by atoms with van der Waals surface area (Å²) in [7, 11) is -3.73. The standard InChI is InChI=1S/C12H20N2O3S/c13-18(15,16)12-8-7-11(17-12)9-14-10-5-3-1-2-4-6-10/h7-8,10,14H,1-6,9H2,(H2,13,15,16). The maximum Gasteiger partial charge on any atom is 0.271 e. The Morgan fingerprint density at radius 1 is 1.22 bits per heavy atom. The zero-order chi connectivity index (χ0) is 13.0. The lowest BCUT2D eigenvalue weighted by Gasteiger charge is -2.14. The van der Waals surface area contributed by atoms with Gasteiger partial charge in [-0.2, -0.15) is 0 Å². The predicted octanol–water partition coefficient (Wildman–Crippen LogP) is 1.74. The van der Waals surface area contributed by atoms with E-state index in [1.807, 2.05) is 0 Å². The highest BCUT2D eigenvalue weighted by atomic mass is 32.2. The highest BCUT2D eigenvalue weighted by Crippen LogP contribution is 2.18. The summed E-state index contributed by atoms with van der Waals surface area (Å²) in [5.41, 5.74) is 0. The van der Waals surface area contributed by atoms with Gasteiger partial charge in [0.05, 0.1) is 6.54 Å². The quantitative estimate of drug-likeness (QED) is 0.817. The summed E-state index contributed by atoms with van der Waals surface area (Å²) in [6.07, 6.45) is 7.52. The Kier molecular flexibility index (Phi) is 4.42. The number of rotatable bonds is 4. The molecule has 0 atom stereocenters. The number of nitrogens with two attached hydrogens (primary N) is 1. The van der Waals surface area contributed by atoms with Gasteiger partial charge in [-0.3, -0.25) is 0 Å². The molecule has 1 aromatic rings. The van der Waals surface area contributed by atoms with Crippen LogP contribution in [0.4, 0.5) is 0 Å². The van der Waals surface area contributed by atoms with Crippen molar-refractivity contribution in [3.63, 3.8) is 0 Å². The van der Waals surface area contributed by atoms with Crippen molar-refractivity contribution in [2.24, 2.45) is 5.14 Å². The summed E-state index contributed by atoms with van der Waals surface area (Å²) < 4.78 is 27.3. The number of primary sulfonamides is 1. The van der Waals surface area contributed by atoms with E-state index >= 15 is 0 Å². The summed E-state index contributed by atoms with van der Waals surface area (Å²) in [6, 6.07) is 3.57. The number of nitrogens with one attached hydrogen (secondary N) is 1.